The van der Waals surface area contributed by atoms with Gasteiger partial charge in [0.25, 0.3) is 0 Å². The topological polar surface area (TPSA) is 3.24 Å². The lowest BCUT2D eigenvalue weighted by molar-refractivity contribution is 1.29. The summed E-state index contributed by atoms with van der Waals surface area (Å²) in [6.45, 7) is 0. The molecule has 0 spiro atoms. The fourth-order valence-corrected chi connectivity index (χ4v) is 8.70. The van der Waals surface area contributed by atoms with Gasteiger partial charge in [0.15, 0.2) is 0 Å². The second-order valence-electron chi connectivity index (χ2n) is 13.4. The van der Waals surface area contributed by atoms with Gasteiger partial charge in [-0.3, -0.25) is 0 Å². The highest BCUT2D eigenvalue weighted by Gasteiger charge is 2.16. The Morgan fingerprint density at radius 2 is 0.846 bits per heavy atom. The van der Waals surface area contributed by atoms with Crippen LogP contribution in [0.4, 0.5) is 17.1 Å². The molecule has 0 unspecified atom stereocenters. The van der Waals surface area contributed by atoms with Crippen LogP contribution >= 0.6 is 11.3 Å². The molecule has 0 aliphatic carbocycles. The maximum Gasteiger partial charge on any atom is 0.0468 e. The van der Waals surface area contributed by atoms with Crippen LogP contribution in [0.25, 0.3) is 75.1 Å². The Balaban J connectivity index is 1.05. The van der Waals surface area contributed by atoms with Crippen molar-refractivity contribution < 1.29 is 0 Å². The van der Waals surface area contributed by atoms with Gasteiger partial charge in [-0.2, -0.15) is 0 Å². The van der Waals surface area contributed by atoms with Gasteiger partial charge in [-0.15, -0.1) is 11.3 Å². The normalized spacial score (nSPS) is 11.5. The molecule has 9 aromatic carbocycles. The summed E-state index contributed by atoms with van der Waals surface area (Å²) in [5.74, 6) is 0. The SMILES string of the molecule is c1cc(-c2ccc(N(c3ccc(-c4cccc5ccccc45)cc3)c3ccc4sc5ccccc5c4c3)cc2)cc(-c2ccc3ccccc3c2)c1. The first kappa shape index (κ1) is 30.4. The summed E-state index contributed by atoms with van der Waals surface area (Å²) < 4.78 is 2.62. The molecule has 1 heterocycles. The van der Waals surface area contributed by atoms with Crippen LogP contribution in [0.2, 0.25) is 0 Å². The van der Waals surface area contributed by atoms with Crippen molar-refractivity contribution in [1.29, 1.82) is 0 Å². The molecule has 0 atom stereocenters. The van der Waals surface area contributed by atoms with Crippen molar-refractivity contribution in [1.82, 2.24) is 0 Å². The van der Waals surface area contributed by atoms with Gasteiger partial charge in [0.05, 0.1) is 0 Å². The summed E-state index contributed by atoms with van der Waals surface area (Å²) in [7, 11) is 0. The van der Waals surface area contributed by atoms with Gasteiger partial charge in [-0.1, -0.05) is 140 Å². The summed E-state index contributed by atoms with van der Waals surface area (Å²) in [5.41, 5.74) is 10.7. The number of nitrogens with zero attached hydrogens (tertiary/aromatic N) is 1. The third-order valence-corrected chi connectivity index (χ3v) is 11.4. The van der Waals surface area contributed by atoms with E-state index in [0.29, 0.717) is 0 Å². The van der Waals surface area contributed by atoms with E-state index < -0.39 is 0 Å². The van der Waals surface area contributed by atoms with Crippen LogP contribution in [0.1, 0.15) is 0 Å². The van der Waals surface area contributed by atoms with E-state index in [2.05, 4.69) is 205 Å². The minimum Gasteiger partial charge on any atom is -0.310 e. The number of fused-ring (bicyclic) bond motifs is 5. The summed E-state index contributed by atoms with van der Waals surface area (Å²) in [4.78, 5) is 2.38. The lowest BCUT2D eigenvalue weighted by Crippen LogP contribution is -2.09. The second-order valence-corrected chi connectivity index (χ2v) is 14.5. The zero-order valence-electron chi connectivity index (χ0n) is 28.4. The molecule has 2 heteroatoms. The molecule has 0 radical (unpaired) electrons. The van der Waals surface area contributed by atoms with Crippen LogP contribution in [0.15, 0.2) is 200 Å². The fraction of sp³-hybridized carbons (Fsp3) is 0. The van der Waals surface area contributed by atoms with E-state index in [9.17, 15) is 0 Å². The Kier molecular flexibility index (Phi) is 7.41. The largest absolute Gasteiger partial charge is 0.310 e. The molecule has 10 aromatic rings. The summed E-state index contributed by atoms with van der Waals surface area (Å²) in [6, 6.07) is 73.0. The molecule has 1 nitrogen and oxygen atoms in total. The molecule has 0 aliphatic rings. The third-order valence-electron chi connectivity index (χ3n) is 10.2. The van der Waals surface area contributed by atoms with E-state index in [1.165, 1.54) is 75.1 Å². The Bertz CT molecular complexity index is 2890. The fourth-order valence-electron chi connectivity index (χ4n) is 7.62. The van der Waals surface area contributed by atoms with Crippen LogP contribution in [-0.4, -0.2) is 0 Å². The minimum absolute atomic E-state index is 1.12. The minimum atomic E-state index is 1.12. The smallest absolute Gasteiger partial charge is 0.0468 e. The summed E-state index contributed by atoms with van der Waals surface area (Å²) >= 11 is 1.86. The molecule has 0 amide bonds. The first-order chi connectivity index (χ1) is 25.7. The van der Waals surface area contributed by atoms with Crippen LogP contribution < -0.4 is 4.90 Å². The molecule has 0 saturated heterocycles. The highest BCUT2D eigenvalue weighted by molar-refractivity contribution is 7.25. The van der Waals surface area contributed by atoms with Crippen molar-refractivity contribution in [2.45, 2.75) is 0 Å². The lowest BCUT2D eigenvalue weighted by Gasteiger charge is -2.26. The lowest BCUT2D eigenvalue weighted by atomic mass is 9.97. The van der Waals surface area contributed by atoms with Gasteiger partial charge < -0.3 is 4.90 Å². The van der Waals surface area contributed by atoms with Crippen LogP contribution in [0.3, 0.4) is 0 Å². The average Bonchev–Trinajstić information content (AvgIpc) is 3.59. The van der Waals surface area contributed by atoms with Crippen molar-refractivity contribution >= 4 is 70.1 Å². The first-order valence-electron chi connectivity index (χ1n) is 17.7. The molecular formula is C50H33NS. The Morgan fingerprint density at radius 3 is 1.65 bits per heavy atom. The molecular weight excluding hydrogens is 647 g/mol. The predicted octanol–water partition coefficient (Wildman–Crippen LogP) is 14.8. The molecule has 10 rings (SSSR count). The Hall–Kier alpha value is -6.48. The summed E-state index contributed by atoms with van der Waals surface area (Å²) in [5, 5.41) is 7.63. The molecule has 0 N–H and O–H groups in total. The van der Waals surface area contributed by atoms with Crippen molar-refractivity contribution in [3.63, 3.8) is 0 Å². The number of hydrogen-bond acceptors (Lipinski definition) is 2. The van der Waals surface area contributed by atoms with Gasteiger partial charge in [0.2, 0.25) is 0 Å². The number of anilines is 3. The molecule has 0 saturated carbocycles. The second kappa shape index (κ2) is 12.7. The average molecular weight is 680 g/mol. The standard InChI is InChI=1S/C50H33NS/c1-2-11-38-32-41(20-19-34(38)9-1)40-14-7-13-39(31-40)35-21-25-42(26-22-35)51(44-29-30-50-48(33-44)47-16-5-6-18-49(47)52-50)43-27-23-37(24-28-43)46-17-8-12-36-10-3-4-15-45(36)46/h1-33H. The highest BCUT2D eigenvalue weighted by Crippen LogP contribution is 2.42. The zero-order chi connectivity index (χ0) is 34.4. The van der Waals surface area contributed by atoms with E-state index in [0.717, 1.165) is 17.1 Å². The van der Waals surface area contributed by atoms with Crippen LogP contribution in [-0.2, 0) is 0 Å². The number of thiophene rings is 1. The Morgan fingerprint density at radius 1 is 0.288 bits per heavy atom. The summed E-state index contributed by atoms with van der Waals surface area (Å²) in [6.07, 6.45) is 0. The highest BCUT2D eigenvalue weighted by atomic mass is 32.1. The number of rotatable bonds is 6. The number of hydrogen-bond donors (Lipinski definition) is 0. The van der Waals surface area contributed by atoms with Crippen LogP contribution in [0.5, 0.6) is 0 Å². The third kappa shape index (κ3) is 5.42. The van der Waals surface area contributed by atoms with E-state index in [-0.39, 0.29) is 0 Å². The van der Waals surface area contributed by atoms with E-state index >= 15 is 0 Å². The predicted molar refractivity (Wildman–Crippen MR) is 225 cm³/mol. The molecule has 0 aliphatic heterocycles. The molecule has 244 valence electrons. The van der Waals surface area contributed by atoms with Gasteiger partial charge >= 0.3 is 0 Å². The molecule has 1 aromatic heterocycles. The van der Waals surface area contributed by atoms with Gasteiger partial charge in [-0.25, -0.2) is 0 Å². The number of benzene rings is 9. The molecule has 0 bridgehead atoms. The molecule has 0 fully saturated rings. The van der Waals surface area contributed by atoms with Crippen molar-refractivity contribution in [3.8, 4) is 33.4 Å². The quantitative estimate of drug-likeness (QED) is 0.169. The van der Waals surface area contributed by atoms with Crippen molar-refractivity contribution in [3.05, 3.63) is 200 Å². The zero-order valence-corrected chi connectivity index (χ0v) is 29.2. The van der Waals surface area contributed by atoms with Crippen LogP contribution in [0, 0.1) is 0 Å². The maximum absolute atomic E-state index is 2.38. The Labute approximate surface area is 307 Å². The van der Waals surface area contributed by atoms with Gasteiger partial charge in [-0.05, 0) is 116 Å². The van der Waals surface area contributed by atoms with E-state index in [1.54, 1.807) is 0 Å². The van der Waals surface area contributed by atoms with Gasteiger partial charge in [0, 0.05) is 37.2 Å². The van der Waals surface area contributed by atoms with E-state index in [1.807, 2.05) is 11.3 Å². The van der Waals surface area contributed by atoms with E-state index in [4.69, 9.17) is 0 Å². The molecule has 52 heavy (non-hydrogen) atoms. The van der Waals surface area contributed by atoms with Crippen molar-refractivity contribution in [2.24, 2.45) is 0 Å². The first-order valence-corrected chi connectivity index (χ1v) is 18.6. The van der Waals surface area contributed by atoms with Crippen molar-refractivity contribution in [2.75, 3.05) is 4.90 Å². The van der Waals surface area contributed by atoms with Gasteiger partial charge in [0.1, 0.15) is 0 Å². The maximum atomic E-state index is 2.38. The monoisotopic (exact) mass is 679 g/mol.